The van der Waals surface area contributed by atoms with Gasteiger partial charge in [-0.05, 0) is 37.1 Å². The highest BCUT2D eigenvalue weighted by molar-refractivity contribution is 9.10. The highest BCUT2D eigenvalue weighted by Crippen LogP contribution is 2.36. The maximum Gasteiger partial charge on any atom is 0.192 e. The van der Waals surface area contributed by atoms with Crippen LogP contribution >= 0.6 is 27.7 Å². The second kappa shape index (κ2) is 8.32. The number of hydrogen-bond donors (Lipinski definition) is 0. The normalized spacial score (nSPS) is 15.2. The molecular weight excluding hydrogens is 446 g/mol. The van der Waals surface area contributed by atoms with Crippen molar-refractivity contribution in [3.63, 3.8) is 0 Å². The molecule has 0 unspecified atom stereocenters. The van der Waals surface area contributed by atoms with E-state index in [9.17, 15) is 0 Å². The van der Waals surface area contributed by atoms with E-state index in [-0.39, 0.29) is 0 Å². The average molecular weight is 468 g/mol. The molecule has 0 spiro atoms. The fraction of sp³-hybridized carbons (Fsp3) is 0.318. The number of imidazole rings is 1. The van der Waals surface area contributed by atoms with Crippen LogP contribution in [0.3, 0.4) is 0 Å². The third kappa shape index (κ3) is 3.98. The molecule has 4 aromatic rings. The molecule has 0 bridgehead atoms. The van der Waals surface area contributed by atoms with Crippen molar-refractivity contribution in [2.24, 2.45) is 0 Å². The second-order valence-corrected chi connectivity index (χ2v) is 9.32. The quantitative estimate of drug-likeness (QED) is 0.330. The number of aromatic nitrogens is 5. The van der Waals surface area contributed by atoms with Crippen LogP contribution in [0.4, 0.5) is 0 Å². The van der Waals surface area contributed by atoms with Crippen molar-refractivity contribution in [2.75, 3.05) is 0 Å². The first-order chi connectivity index (χ1) is 14.3. The number of halogens is 1. The molecule has 7 heteroatoms. The van der Waals surface area contributed by atoms with Gasteiger partial charge in [0.05, 0.1) is 5.69 Å². The van der Waals surface area contributed by atoms with E-state index in [4.69, 9.17) is 4.98 Å². The Hall–Kier alpha value is -2.12. The van der Waals surface area contributed by atoms with E-state index in [2.05, 4.69) is 65.6 Å². The van der Waals surface area contributed by atoms with Gasteiger partial charge in [-0.25, -0.2) is 4.98 Å². The molecule has 1 aromatic carbocycles. The van der Waals surface area contributed by atoms with Crippen LogP contribution in [0.1, 0.15) is 43.8 Å². The zero-order valence-electron chi connectivity index (χ0n) is 16.0. The summed E-state index contributed by atoms with van der Waals surface area (Å²) in [4.78, 5) is 4.72. The van der Waals surface area contributed by atoms with Gasteiger partial charge in [0.1, 0.15) is 5.65 Å². The summed E-state index contributed by atoms with van der Waals surface area (Å²) in [6.07, 6.45) is 10.4. The number of rotatable bonds is 5. The fourth-order valence-corrected chi connectivity index (χ4v) is 5.19. The van der Waals surface area contributed by atoms with Gasteiger partial charge in [0.25, 0.3) is 0 Å². The number of hydrogen-bond acceptors (Lipinski definition) is 4. The van der Waals surface area contributed by atoms with E-state index < -0.39 is 0 Å². The standard InChI is InChI=1S/C22H22BrN5S/c23-17-11-9-16(10-12-17)21-25-26-22(28(21)19-6-2-1-3-7-19)29-15-18-14-27-13-5-4-8-20(27)24-18/h4-5,8-14,19H,1-3,6-7,15H2. The lowest BCUT2D eigenvalue weighted by Gasteiger charge is -2.25. The molecule has 0 saturated heterocycles. The van der Waals surface area contributed by atoms with Gasteiger partial charge in [-0.15, -0.1) is 10.2 Å². The summed E-state index contributed by atoms with van der Waals surface area (Å²) >= 11 is 5.26. The van der Waals surface area contributed by atoms with E-state index in [1.165, 1.54) is 32.1 Å². The largest absolute Gasteiger partial charge is 0.307 e. The Labute approximate surface area is 182 Å². The molecule has 1 saturated carbocycles. The minimum absolute atomic E-state index is 0.473. The molecule has 148 valence electrons. The number of fused-ring (bicyclic) bond motifs is 1. The molecule has 0 atom stereocenters. The van der Waals surface area contributed by atoms with Gasteiger partial charge in [-0.1, -0.05) is 65.2 Å². The first kappa shape index (κ1) is 18.9. The predicted molar refractivity (Wildman–Crippen MR) is 120 cm³/mol. The van der Waals surface area contributed by atoms with Gasteiger partial charge in [-0.2, -0.15) is 0 Å². The van der Waals surface area contributed by atoms with Crippen LogP contribution in [0.15, 0.2) is 64.5 Å². The summed E-state index contributed by atoms with van der Waals surface area (Å²) in [5, 5.41) is 10.2. The fourth-order valence-electron chi connectivity index (χ4n) is 4.03. The molecule has 3 aromatic heterocycles. The summed E-state index contributed by atoms with van der Waals surface area (Å²) in [5.74, 6) is 1.76. The van der Waals surface area contributed by atoms with Crippen molar-refractivity contribution in [3.05, 3.63) is 65.0 Å². The third-order valence-corrected chi connectivity index (χ3v) is 6.98. The summed E-state index contributed by atoms with van der Waals surface area (Å²) in [5.41, 5.74) is 3.16. The molecule has 29 heavy (non-hydrogen) atoms. The number of pyridine rings is 1. The highest BCUT2D eigenvalue weighted by Gasteiger charge is 2.24. The lowest BCUT2D eigenvalue weighted by atomic mass is 9.95. The van der Waals surface area contributed by atoms with E-state index >= 15 is 0 Å². The Morgan fingerprint density at radius 3 is 2.62 bits per heavy atom. The lowest BCUT2D eigenvalue weighted by molar-refractivity contribution is 0.339. The van der Waals surface area contributed by atoms with Crippen molar-refractivity contribution < 1.29 is 0 Å². The summed E-state index contributed by atoms with van der Waals surface area (Å²) in [6.45, 7) is 0. The van der Waals surface area contributed by atoms with Crippen LogP contribution in [0.25, 0.3) is 17.0 Å². The highest BCUT2D eigenvalue weighted by atomic mass is 79.9. The van der Waals surface area contributed by atoms with Gasteiger partial charge >= 0.3 is 0 Å². The van der Waals surface area contributed by atoms with Crippen molar-refractivity contribution in [1.82, 2.24) is 24.1 Å². The van der Waals surface area contributed by atoms with Crippen LogP contribution in [-0.4, -0.2) is 24.1 Å². The van der Waals surface area contributed by atoms with Crippen molar-refractivity contribution in [1.29, 1.82) is 0 Å². The predicted octanol–water partition coefficient (Wildman–Crippen LogP) is 6.15. The second-order valence-electron chi connectivity index (χ2n) is 7.46. The maximum absolute atomic E-state index is 4.72. The van der Waals surface area contributed by atoms with Crippen LogP contribution in [0.5, 0.6) is 0 Å². The Balaban J connectivity index is 1.45. The van der Waals surface area contributed by atoms with Crippen molar-refractivity contribution in [2.45, 2.75) is 49.1 Å². The van der Waals surface area contributed by atoms with E-state index in [0.717, 1.165) is 38.1 Å². The number of nitrogens with zero attached hydrogens (tertiary/aromatic N) is 5. The molecular formula is C22H22BrN5S. The minimum Gasteiger partial charge on any atom is -0.307 e. The van der Waals surface area contributed by atoms with Crippen LogP contribution in [0, 0.1) is 0 Å². The van der Waals surface area contributed by atoms with Gasteiger partial charge in [0, 0.05) is 34.2 Å². The summed E-state index contributed by atoms with van der Waals surface area (Å²) in [6, 6.07) is 14.9. The topological polar surface area (TPSA) is 48.0 Å². The Morgan fingerprint density at radius 1 is 1.00 bits per heavy atom. The molecule has 0 amide bonds. The summed E-state index contributed by atoms with van der Waals surface area (Å²) < 4.78 is 5.52. The SMILES string of the molecule is Brc1ccc(-c2nnc(SCc3cn4ccccc4n3)n2C2CCCCC2)cc1. The van der Waals surface area contributed by atoms with Crippen LogP contribution < -0.4 is 0 Å². The molecule has 5 rings (SSSR count). The molecule has 1 aliphatic carbocycles. The Morgan fingerprint density at radius 2 is 1.83 bits per heavy atom. The van der Waals surface area contributed by atoms with Gasteiger partial charge in [-0.3, -0.25) is 4.57 Å². The molecule has 3 heterocycles. The van der Waals surface area contributed by atoms with Gasteiger partial charge in [0.15, 0.2) is 11.0 Å². The average Bonchev–Trinajstić information content (AvgIpc) is 3.37. The smallest absolute Gasteiger partial charge is 0.192 e. The van der Waals surface area contributed by atoms with Crippen LogP contribution in [-0.2, 0) is 5.75 Å². The zero-order chi connectivity index (χ0) is 19.6. The molecule has 1 fully saturated rings. The van der Waals surface area contributed by atoms with E-state index in [1.807, 2.05) is 24.4 Å². The molecule has 0 radical (unpaired) electrons. The molecule has 5 nitrogen and oxygen atoms in total. The lowest BCUT2D eigenvalue weighted by Crippen LogP contribution is -2.15. The van der Waals surface area contributed by atoms with Crippen molar-refractivity contribution in [3.8, 4) is 11.4 Å². The number of thioether (sulfide) groups is 1. The minimum atomic E-state index is 0.473. The van der Waals surface area contributed by atoms with E-state index in [1.54, 1.807) is 11.8 Å². The zero-order valence-corrected chi connectivity index (χ0v) is 18.4. The maximum atomic E-state index is 4.72. The first-order valence-electron chi connectivity index (χ1n) is 10.0. The van der Waals surface area contributed by atoms with Crippen molar-refractivity contribution >= 4 is 33.3 Å². The molecule has 0 aliphatic heterocycles. The Kier molecular flexibility index (Phi) is 5.42. The van der Waals surface area contributed by atoms with Gasteiger partial charge in [0.2, 0.25) is 0 Å². The Bertz CT molecular complexity index is 1080. The molecule has 1 aliphatic rings. The number of benzene rings is 1. The summed E-state index contributed by atoms with van der Waals surface area (Å²) in [7, 11) is 0. The molecule has 0 N–H and O–H groups in total. The van der Waals surface area contributed by atoms with E-state index in [0.29, 0.717) is 6.04 Å². The van der Waals surface area contributed by atoms with Gasteiger partial charge < -0.3 is 4.40 Å². The third-order valence-electron chi connectivity index (χ3n) is 5.47. The van der Waals surface area contributed by atoms with Crippen LogP contribution in [0.2, 0.25) is 0 Å². The first-order valence-corrected chi connectivity index (χ1v) is 11.8. The monoisotopic (exact) mass is 467 g/mol.